The summed E-state index contributed by atoms with van der Waals surface area (Å²) in [6.45, 7) is 4.86. The van der Waals surface area contributed by atoms with E-state index in [-0.39, 0.29) is 5.63 Å². The van der Waals surface area contributed by atoms with E-state index in [1.807, 2.05) is 25.1 Å². The largest absolute Gasteiger partial charge is 0.423 e. The predicted molar refractivity (Wildman–Crippen MR) is 102 cm³/mol. The molecule has 0 aliphatic carbocycles. The molecule has 3 nitrogen and oxygen atoms in total. The third-order valence-corrected chi connectivity index (χ3v) is 4.99. The molecule has 2 aromatic carbocycles. The minimum Gasteiger partial charge on any atom is -0.423 e. The maximum atomic E-state index is 11.8. The third-order valence-electron chi connectivity index (χ3n) is 4.58. The van der Waals surface area contributed by atoms with Crippen molar-refractivity contribution in [3.05, 3.63) is 80.7 Å². The third kappa shape index (κ3) is 4.50. The maximum Gasteiger partial charge on any atom is 0.336 e. The summed E-state index contributed by atoms with van der Waals surface area (Å²) in [6, 6.07) is 16.3. The van der Waals surface area contributed by atoms with Gasteiger partial charge in [0.2, 0.25) is 0 Å². The smallest absolute Gasteiger partial charge is 0.336 e. The predicted octanol–water partition coefficient (Wildman–Crippen LogP) is 3.84. The summed E-state index contributed by atoms with van der Waals surface area (Å²) < 4.78 is 5.32. The number of hydrogen-bond acceptors (Lipinski definition) is 2. The van der Waals surface area contributed by atoms with Crippen LogP contribution in [0.4, 0.5) is 0 Å². The lowest BCUT2D eigenvalue weighted by molar-refractivity contribution is -0.701. The molecule has 3 aromatic rings. The lowest BCUT2D eigenvalue weighted by Gasteiger charge is -2.12. The molecule has 0 saturated heterocycles. The van der Waals surface area contributed by atoms with Crippen molar-refractivity contribution in [3.8, 4) is 0 Å². The van der Waals surface area contributed by atoms with Crippen LogP contribution < -0.4 is 10.9 Å². The Labute approximate surface area is 152 Å². The molecule has 0 fully saturated rings. The van der Waals surface area contributed by atoms with Crippen molar-refractivity contribution in [2.24, 2.45) is 0 Å². The molecule has 0 spiro atoms. The topological polar surface area (TPSA) is 46.8 Å². The van der Waals surface area contributed by atoms with E-state index in [9.17, 15) is 4.79 Å². The Kier molecular flexibility index (Phi) is 5.57. The zero-order chi connectivity index (χ0) is 17.8. The number of rotatable bonds is 6. The Morgan fingerprint density at radius 1 is 1.16 bits per heavy atom. The number of aryl methyl sites for hydroxylation is 2. The van der Waals surface area contributed by atoms with Crippen LogP contribution in [0.5, 0.6) is 0 Å². The summed E-state index contributed by atoms with van der Waals surface area (Å²) in [5.74, 6) is 0. The Balaban J connectivity index is 1.70. The highest BCUT2D eigenvalue weighted by molar-refractivity contribution is 6.32. The van der Waals surface area contributed by atoms with Gasteiger partial charge in [-0.25, -0.2) is 4.79 Å². The van der Waals surface area contributed by atoms with Crippen molar-refractivity contribution < 1.29 is 9.73 Å². The van der Waals surface area contributed by atoms with Crippen LogP contribution in [-0.2, 0) is 13.0 Å². The van der Waals surface area contributed by atoms with Crippen LogP contribution in [0.25, 0.3) is 11.0 Å². The summed E-state index contributed by atoms with van der Waals surface area (Å²) in [7, 11) is 0. The fraction of sp³-hybridized carbons (Fsp3) is 0.286. The van der Waals surface area contributed by atoms with Crippen LogP contribution in [0, 0.1) is 6.92 Å². The van der Waals surface area contributed by atoms with Crippen LogP contribution in [0.15, 0.2) is 57.7 Å². The van der Waals surface area contributed by atoms with E-state index in [0.29, 0.717) is 16.6 Å². The van der Waals surface area contributed by atoms with Crippen molar-refractivity contribution in [1.29, 1.82) is 0 Å². The molecular weight excluding hydrogens is 334 g/mol. The highest BCUT2D eigenvalue weighted by Crippen LogP contribution is 2.24. The Hall–Kier alpha value is -2.10. The van der Waals surface area contributed by atoms with Gasteiger partial charge in [-0.1, -0.05) is 41.9 Å². The molecule has 0 aliphatic heterocycles. The molecule has 0 radical (unpaired) electrons. The van der Waals surface area contributed by atoms with Gasteiger partial charge < -0.3 is 9.73 Å². The van der Waals surface area contributed by atoms with E-state index in [1.165, 1.54) is 5.56 Å². The molecule has 4 heteroatoms. The zero-order valence-corrected chi connectivity index (χ0v) is 15.3. The maximum absolute atomic E-state index is 11.8. The van der Waals surface area contributed by atoms with Gasteiger partial charge >= 0.3 is 5.63 Å². The van der Waals surface area contributed by atoms with Gasteiger partial charge in [0.05, 0.1) is 6.04 Å². The van der Waals surface area contributed by atoms with Gasteiger partial charge in [0.25, 0.3) is 0 Å². The minimum atomic E-state index is -0.311. The number of quaternary nitrogens is 1. The first kappa shape index (κ1) is 17.7. The van der Waals surface area contributed by atoms with Crippen molar-refractivity contribution >= 4 is 22.6 Å². The number of halogens is 1. The fourth-order valence-corrected chi connectivity index (χ4v) is 3.17. The van der Waals surface area contributed by atoms with Crippen LogP contribution >= 0.6 is 11.6 Å². The molecule has 0 unspecified atom stereocenters. The van der Waals surface area contributed by atoms with Crippen molar-refractivity contribution in [2.45, 2.75) is 39.3 Å². The summed E-state index contributed by atoms with van der Waals surface area (Å²) >= 11 is 6.25. The monoisotopic (exact) mass is 356 g/mol. The van der Waals surface area contributed by atoms with Crippen LogP contribution in [0.1, 0.15) is 30.0 Å². The molecule has 3 rings (SSSR count). The van der Waals surface area contributed by atoms with Crippen molar-refractivity contribution in [3.63, 3.8) is 0 Å². The number of nitrogens with two attached hydrogens (primary N) is 1. The van der Waals surface area contributed by atoms with Gasteiger partial charge in [0, 0.05) is 28.5 Å². The lowest BCUT2D eigenvalue weighted by atomic mass is 10.0. The summed E-state index contributed by atoms with van der Waals surface area (Å²) in [4.78, 5) is 11.8. The molecule has 0 bridgehead atoms. The molecule has 1 aromatic heterocycles. The zero-order valence-electron chi connectivity index (χ0n) is 14.6. The van der Waals surface area contributed by atoms with E-state index < -0.39 is 0 Å². The van der Waals surface area contributed by atoms with Crippen LogP contribution in [0.2, 0.25) is 5.02 Å². The summed E-state index contributed by atoms with van der Waals surface area (Å²) in [5, 5.41) is 3.88. The second kappa shape index (κ2) is 7.85. The Morgan fingerprint density at radius 2 is 1.92 bits per heavy atom. The van der Waals surface area contributed by atoms with E-state index in [1.54, 1.807) is 6.07 Å². The second-order valence-electron chi connectivity index (χ2n) is 6.63. The van der Waals surface area contributed by atoms with Gasteiger partial charge in [0.15, 0.2) is 0 Å². The number of fused-ring (bicyclic) bond motifs is 1. The molecule has 0 saturated carbocycles. The first-order valence-electron chi connectivity index (χ1n) is 8.63. The standard InChI is InChI=1S/C21H22ClNO2/c1-14-10-20-18(12-19(14)22)17(11-21(24)25-20)13-23-15(2)8-9-16-6-4-3-5-7-16/h3-7,10-12,15,23H,8-9,13H2,1-2H3/p+1/t15-/m0/s1. The summed E-state index contributed by atoms with van der Waals surface area (Å²) in [5.41, 5.74) is 3.54. The first-order chi connectivity index (χ1) is 12.0. The van der Waals surface area contributed by atoms with Crippen molar-refractivity contribution in [1.82, 2.24) is 0 Å². The van der Waals surface area contributed by atoms with Gasteiger partial charge in [-0.3, -0.25) is 0 Å². The van der Waals surface area contributed by atoms with Crippen molar-refractivity contribution in [2.75, 3.05) is 0 Å². The highest BCUT2D eigenvalue weighted by atomic mass is 35.5. The van der Waals surface area contributed by atoms with Gasteiger partial charge in [-0.2, -0.15) is 0 Å². The van der Waals surface area contributed by atoms with Crippen LogP contribution in [-0.4, -0.2) is 6.04 Å². The quantitative estimate of drug-likeness (QED) is 0.682. The number of benzene rings is 2. The average molecular weight is 357 g/mol. The second-order valence-corrected chi connectivity index (χ2v) is 7.04. The number of hydrogen-bond donors (Lipinski definition) is 1. The molecule has 0 aliphatic rings. The SMILES string of the molecule is Cc1cc2oc(=O)cc(C[NH2+][C@@H](C)CCc3ccccc3)c2cc1Cl. The van der Waals surface area contributed by atoms with Gasteiger partial charge in [0.1, 0.15) is 12.1 Å². The van der Waals surface area contributed by atoms with E-state index >= 15 is 0 Å². The molecule has 25 heavy (non-hydrogen) atoms. The molecule has 1 heterocycles. The first-order valence-corrected chi connectivity index (χ1v) is 9.01. The molecule has 2 N–H and O–H groups in total. The van der Waals surface area contributed by atoms with Gasteiger partial charge in [-0.05, 0) is 43.5 Å². The Morgan fingerprint density at radius 3 is 2.68 bits per heavy atom. The van der Waals surface area contributed by atoms with E-state index in [2.05, 4.69) is 36.5 Å². The van der Waals surface area contributed by atoms with Gasteiger partial charge in [-0.15, -0.1) is 0 Å². The fourth-order valence-electron chi connectivity index (χ4n) is 3.00. The molecule has 0 amide bonds. The Bertz CT molecular complexity index is 918. The summed E-state index contributed by atoms with van der Waals surface area (Å²) in [6.07, 6.45) is 2.14. The molecule has 1 atom stereocenters. The normalized spacial score (nSPS) is 12.4. The average Bonchev–Trinajstić information content (AvgIpc) is 2.60. The van der Waals surface area contributed by atoms with Crippen LogP contribution in [0.3, 0.4) is 0 Å². The molecule has 130 valence electrons. The van der Waals surface area contributed by atoms with E-state index in [4.69, 9.17) is 16.0 Å². The van der Waals surface area contributed by atoms with E-state index in [0.717, 1.165) is 35.9 Å². The lowest BCUT2D eigenvalue weighted by Crippen LogP contribution is -2.87. The molecular formula is C21H23ClNO2+. The minimum absolute atomic E-state index is 0.311. The highest BCUT2D eigenvalue weighted by Gasteiger charge is 2.12.